The van der Waals surface area contributed by atoms with Crippen LogP contribution in [0.4, 0.5) is 0 Å². The fourth-order valence-electron chi connectivity index (χ4n) is 2.20. The van der Waals surface area contributed by atoms with Gasteiger partial charge in [-0.25, -0.2) is 0 Å². The molecule has 0 atom stereocenters. The molecule has 3 aromatic rings. The summed E-state index contributed by atoms with van der Waals surface area (Å²) in [6, 6.07) is 11.8. The number of hydrogen-bond donors (Lipinski definition) is 4. The lowest BCUT2D eigenvalue weighted by atomic mass is 10.1. The molecule has 0 bridgehead atoms. The van der Waals surface area contributed by atoms with Crippen molar-refractivity contribution in [3.63, 3.8) is 0 Å². The van der Waals surface area contributed by atoms with Crippen LogP contribution < -0.4 is 10.9 Å². The number of amides is 2. The molecule has 0 saturated carbocycles. The first kappa shape index (κ1) is 15.1. The average Bonchev–Trinajstić information content (AvgIpc) is 2.98. The van der Waals surface area contributed by atoms with E-state index in [9.17, 15) is 14.7 Å². The molecular formula is C16H12BrN3O3. The fourth-order valence-corrected chi connectivity index (χ4v) is 2.56. The average molecular weight is 374 g/mol. The van der Waals surface area contributed by atoms with E-state index in [1.54, 1.807) is 12.3 Å². The molecule has 0 aliphatic carbocycles. The molecule has 3 rings (SSSR count). The van der Waals surface area contributed by atoms with Crippen LogP contribution in [-0.4, -0.2) is 21.9 Å². The van der Waals surface area contributed by atoms with Crippen LogP contribution in [0.25, 0.3) is 10.9 Å². The molecule has 0 spiro atoms. The minimum Gasteiger partial charge on any atom is -0.507 e. The van der Waals surface area contributed by atoms with Crippen molar-refractivity contribution in [1.82, 2.24) is 15.8 Å². The van der Waals surface area contributed by atoms with E-state index < -0.39 is 11.8 Å². The van der Waals surface area contributed by atoms with Crippen molar-refractivity contribution in [3.8, 4) is 5.75 Å². The van der Waals surface area contributed by atoms with Crippen molar-refractivity contribution in [2.45, 2.75) is 0 Å². The lowest BCUT2D eigenvalue weighted by Gasteiger charge is -2.08. The van der Waals surface area contributed by atoms with Gasteiger partial charge in [-0.05, 0) is 24.3 Å². The lowest BCUT2D eigenvalue weighted by Crippen LogP contribution is -2.41. The number of phenolic OH excluding ortho intramolecular Hbond substituents is 1. The van der Waals surface area contributed by atoms with Crippen LogP contribution in [-0.2, 0) is 0 Å². The van der Waals surface area contributed by atoms with E-state index in [1.165, 1.54) is 12.1 Å². The molecular weight excluding hydrogens is 362 g/mol. The van der Waals surface area contributed by atoms with E-state index in [4.69, 9.17) is 0 Å². The number of aromatic amines is 1. The first-order chi connectivity index (χ1) is 11.1. The predicted molar refractivity (Wildman–Crippen MR) is 89.0 cm³/mol. The van der Waals surface area contributed by atoms with Crippen LogP contribution >= 0.6 is 15.9 Å². The van der Waals surface area contributed by atoms with Gasteiger partial charge in [0.25, 0.3) is 11.8 Å². The summed E-state index contributed by atoms with van der Waals surface area (Å²) in [7, 11) is 0. The van der Waals surface area contributed by atoms with Gasteiger partial charge in [-0.3, -0.25) is 20.4 Å². The molecule has 0 aliphatic heterocycles. The Hall–Kier alpha value is -2.80. The summed E-state index contributed by atoms with van der Waals surface area (Å²) in [5.74, 6) is -1.24. The minimum atomic E-state index is -0.614. The van der Waals surface area contributed by atoms with Crippen molar-refractivity contribution < 1.29 is 14.7 Å². The summed E-state index contributed by atoms with van der Waals surface area (Å²) in [6.45, 7) is 0. The van der Waals surface area contributed by atoms with E-state index in [-0.39, 0.29) is 11.3 Å². The minimum absolute atomic E-state index is 0.0543. The Morgan fingerprint density at radius 3 is 2.48 bits per heavy atom. The molecule has 7 heteroatoms. The highest BCUT2D eigenvalue weighted by Gasteiger charge is 2.15. The zero-order valence-electron chi connectivity index (χ0n) is 11.8. The second kappa shape index (κ2) is 6.13. The van der Waals surface area contributed by atoms with Gasteiger partial charge >= 0.3 is 0 Å². The van der Waals surface area contributed by atoms with Crippen molar-refractivity contribution in [3.05, 3.63) is 64.3 Å². The highest BCUT2D eigenvalue weighted by Crippen LogP contribution is 2.21. The highest BCUT2D eigenvalue weighted by atomic mass is 79.9. The summed E-state index contributed by atoms with van der Waals surface area (Å²) < 4.78 is 0.642. The number of nitrogens with one attached hydrogen (secondary N) is 3. The molecule has 23 heavy (non-hydrogen) atoms. The summed E-state index contributed by atoms with van der Waals surface area (Å²) >= 11 is 3.22. The van der Waals surface area contributed by atoms with Crippen LogP contribution in [0.1, 0.15) is 20.7 Å². The monoisotopic (exact) mass is 373 g/mol. The Balaban J connectivity index is 1.74. The summed E-state index contributed by atoms with van der Waals surface area (Å²) in [5, 5.41) is 10.5. The van der Waals surface area contributed by atoms with Gasteiger partial charge in [0, 0.05) is 21.6 Å². The SMILES string of the molecule is O=C(NNC(=O)c1c[nH]c2ccccc12)c1cc(Br)ccc1O. The second-order valence-electron chi connectivity index (χ2n) is 4.82. The number of carbonyl (C=O) groups is 2. The molecule has 6 nitrogen and oxygen atoms in total. The summed E-state index contributed by atoms with van der Waals surface area (Å²) in [5.41, 5.74) is 5.92. The van der Waals surface area contributed by atoms with Gasteiger partial charge in [-0.2, -0.15) is 0 Å². The third kappa shape index (κ3) is 3.04. The number of para-hydroxylation sites is 1. The van der Waals surface area contributed by atoms with Crippen molar-refractivity contribution in [2.75, 3.05) is 0 Å². The van der Waals surface area contributed by atoms with E-state index >= 15 is 0 Å². The largest absolute Gasteiger partial charge is 0.507 e. The number of aromatic nitrogens is 1. The zero-order chi connectivity index (χ0) is 16.4. The molecule has 0 unspecified atom stereocenters. The normalized spacial score (nSPS) is 10.5. The molecule has 4 N–H and O–H groups in total. The van der Waals surface area contributed by atoms with Crippen molar-refractivity contribution >= 4 is 38.6 Å². The predicted octanol–water partition coefficient (Wildman–Crippen LogP) is 2.71. The summed E-state index contributed by atoms with van der Waals surface area (Å²) in [4.78, 5) is 27.2. The topological polar surface area (TPSA) is 94.2 Å². The maximum Gasteiger partial charge on any atom is 0.273 e. The maximum atomic E-state index is 12.2. The van der Waals surface area contributed by atoms with E-state index in [0.717, 1.165) is 10.9 Å². The third-order valence-corrected chi connectivity index (χ3v) is 3.82. The van der Waals surface area contributed by atoms with Crippen molar-refractivity contribution in [1.29, 1.82) is 0 Å². The Bertz CT molecular complexity index is 904. The van der Waals surface area contributed by atoms with Gasteiger partial charge in [-0.15, -0.1) is 0 Å². The number of rotatable bonds is 2. The number of H-pyrrole nitrogens is 1. The van der Waals surface area contributed by atoms with Gasteiger partial charge in [0.05, 0.1) is 11.1 Å². The number of hydrazine groups is 1. The molecule has 2 amide bonds. The molecule has 1 heterocycles. The lowest BCUT2D eigenvalue weighted by molar-refractivity contribution is 0.0846. The van der Waals surface area contributed by atoms with Crippen LogP contribution in [0.2, 0.25) is 0 Å². The van der Waals surface area contributed by atoms with E-state index in [1.807, 2.05) is 24.3 Å². The van der Waals surface area contributed by atoms with Gasteiger partial charge in [-0.1, -0.05) is 34.1 Å². The Morgan fingerprint density at radius 2 is 1.70 bits per heavy atom. The first-order valence-corrected chi connectivity index (χ1v) is 7.51. The Kier molecular flexibility index (Phi) is 4.03. The van der Waals surface area contributed by atoms with Crippen molar-refractivity contribution in [2.24, 2.45) is 0 Å². The molecule has 116 valence electrons. The quantitative estimate of drug-likeness (QED) is 0.520. The molecule has 0 aliphatic rings. The third-order valence-electron chi connectivity index (χ3n) is 3.33. The van der Waals surface area contributed by atoms with Gasteiger partial charge in [0.1, 0.15) is 5.75 Å². The smallest absolute Gasteiger partial charge is 0.273 e. The maximum absolute atomic E-state index is 12.2. The molecule has 1 aromatic heterocycles. The van der Waals surface area contributed by atoms with Crippen LogP contribution in [0.5, 0.6) is 5.75 Å². The van der Waals surface area contributed by atoms with E-state index in [2.05, 4.69) is 31.8 Å². The van der Waals surface area contributed by atoms with Gasteiger partial charge in [0.2, 0.25) is 0 Å². The highest BCUT2D eigenvalue weighted by molar-refractivity contribution is 9.10. The number of benzene rings is 2. The summed E-state index contributed by atoms with van der Waals surface area (Å²) in [6.07, 6.45) is 1.57. The number of aromatic hydroxyl groups is 1. The van der Waals surface area contributed by atoms with Crippen LogP contribution in [0, 0.1) is 0 Å². The van der Waals surface area contributed by atoms with Crippen LogP contribution in [0.3, 0.4) is 0 Å². The van der Waals surface area contributed by atoms with Crippen LogP contribution in [0.15, 0.2) is 53.1 Å². The fraction of sp³-hybridized carbons (Fsp3) is 0. The molecule has 0 saturated heterocycles. The Morgan fingerprint density at radius 1 is 1.00 bits per heavy atom. The van der Waals surface area contributed by atoms with E-state index in [0.29, 0.717) is 10.0 Å². The zero-order valence-corrected chi connectivity index (χ0v) is 13.3. The van der Waals surface area contributed by atoms with Gasteiger partial charge < -0.3 is 10.1 Å². The molecule has 0 fully saturated rings. The van der Waals surface area contributed by atoms with Gasteiger partial charge in [0.15, 0.2) is 0 Å². The standard InChI is InChI=1S/C16H12BrN3O3/c17-9-5-6-14(21)11(7-9)15(22)19-20-16(23)12-8-18-13-4-2-1-3-10(12)13/h1-8,18,21H,(H,19,22)(H,20,23). The number of hydrogen-bond acceptors (Lipinski definition) is 3. The first-order valence-electron chi connectivity index (χ1n) is 6.71. The molecule has 0 radical (unpaired) electrons. The number of fused-ring (bicyclic) bond motifs is 1. The number of halogens is 1. The second-order valence-corrected chi connectivity index (χ2v) is 5.73. The molecule has 2 aromatic carbocycles. The number of carbonyl (C=O) groups excluding carboxylic acids is 2. The Labute approximate surface area is 139 Å². The number of phenols is 1.